The maximum Gasteiger partial charge on any atom is 0.257 e. The first-order valence-corrected chi connectivity index (χ1v) is 9.05. The molecule has 2 heterocycles. The SMILES string of the molecule is O=C(NC(=S)Nc1ccccc1N1CCOCC1)c1ccc2c(c1)OCO2. The van der Waals surface area contributed by atoms with E-state index in [4.69, 9.17) is 26.4 Å². The van der Waals surface area contributed by atoms with E-state index in [1.165, 1.54) is 0 Å². The average molecular weight is 385 g/mol. The van der Waals surface area contributed by atoms with Crippen LogP contribution < -0.4 is 25.0 Å². The van der Waals surface area contributed by atoms with Crippen LogP contribution in [0.15, 0.2) is 42.5 Å². The number of benzene rings is 2. The van der Waals surface area contributed by atoms with Crippen molar-refractivity contribution in [3.63, 3.8) is 0 Å². The quantitative estimate of drug-likeness (QED) is 0.786. The lowest BCUT2D eigenvalue weighted by Gasteiger charge is -2.30. The molecule has 0 radical (unpaired) electrons. The number of nitrogens with one attached hydrogen (secondary N) is 2. The van der Waals surface area contributed by atoms with E-state index >= 15 is 0 Å². The Kier molecular flexibility index (Phi) is 5.08. The first-order chi connectivity index (χ1) is 13.2. The van der Waals surface area contributed by atoms with Crippen molar-refractivity contribution in [3.8, 4) is 11.5 Å². The predicted molar refractivity (Wildman–Crippen MR) is 106 cm³/mol. The molecule has 1 fully saturated rings. The van der Waals surface area contributed by atoms with E-state index in [0.29, 0.717) is 30.3 Å². The Labute approximate surface area is 162 Å². The van der Waals surface area contributed by atoms with Crippen LogP contribution in [-0.2, 0) is 4.74 Å². The number of para-hydroxylation sites is 2. The standard InChI is InChI=1S/C19H19N3O4S/c23-18(13-5-6-16-17(11-13)26-12-25-16)21-19(27)20-14-3-1-2-4-15(14)22-7-9-24-10-8-22/h1-6,11H,7-10,12H2,(H2,20,21,23,27). The van der Waals surface area contributed by atoms with Crippen molar-refractivity contribution in [2.24, 2.45) is 0 Å². The molecule has 0 atom stereocenters. The predicted octanol–water partition coefficient (Wildman–Crippen LogP) is 2.38. The van der Waals surface area contributed by atoms with Gasteiger partial charge in [-0.2, -0.15) is 0 Å². The summed E-state index contributed by atoms with van der Waals surface area (Å²) in [5.74, 6) is 0.875. The van der Waals surface area contributed by atoms with Crippen molar-refractivity contribution in [2.45, 2.75) is 0 Å². The number of thiocarbonyl (C=S) groups is 1. The van der Waals surface area contributed by atoms with Crippen LogP contribution in [0.25, 0.3) is 0 Å². The summed E-state index contributed by atoms with van der Waals surface area (Å²) < 4.78 is 16.0. The van der Waals surface area contributed by atoms with E-state index in [0.717, 1.165) is 24.5 Å². The Bertz CT molecular complexity index is 868. The van der Waals surface area contributed by atoms with Gasteiger partial charge in [0.15, 0.2) is 16.6 Å². The van der Waals surface area contributed by atoms with Crippen molar-refractivity contribution in [2.75, 3.05) is 43.3 Å². The van der Waals surface area contributed by atoms with Gasteiger partial charge in [0, 0.05) is 18.7 Å². The minimum Gasteiger partial charge on any atom is -0.454 e. The van der Waals surface area contributed by atoms with Crippen LogP contribution >= 0.6 is 12.2 Å². The number of ether oxygens (including phenoxy) is 3. The minimum atomic E-state index is -0.311. The fourth-order valence-electron chi connectivity index (χ4n) is 3.03. The van der Waals surface area contributed by atoms with Crippen LogP contribution in [0.3, 0.4) is 0 Å². The molecule has 0 unspecified atom stereocenters. The highest BCUT2D eigenvalue weighted by Crippen LogP contribution is 2.32. The number of hydrogen-bond donors (Lipinski definition) is 2. The van der Waals surface area contributed by atoms with Crippen molar-refractivity contribution < 1.29 is 19.0 Å². The van der Waals surface area contributed by atoms with Crippen LogP contribution in [0.5, 0.6) is 11.5 Å². The van der Waals surface area contributed by atoms with Gasteiger partial charge in [0.05, 0.1) is 24.6 Å². The number of nitrogens with zero attached hydrogens (tertiary/aromatic N) is 1. The van der Waals surface area contributed by atoms with Crippen molar-refractivity contribution in [3.05, 3.63) is 48.0 Å². The highest BCUT2D eigenvalue weighted by Gasteiger charge is 2.18. The molecule has 1 saturated heterocycles. The molecule has 27 heavy (non-hydrogen) atoms. The van der Waals surface area contributed by atoms with Gasteiger partial charge in [-0.05, 0) is 42.5 Å². The number of amides is 1. The third-order valence-corrected chi connectivity index (χ3v) is 4.57. The molecular weight excluding hydrogens is 366 g/mol. The zero-order chi connectivity index (χ0) is 18.6. The second-order valence-electron chi connectivity index (χ2n) is 6.09. The van der Waals surface area contributed by atoms with Crippen LogP contribution in [0.1, 0.15) is 10.4 Å². The molecule has 0 aliphatic carbocycles. The largest absolute Gasteiger partial charge is 0.454 e. The van der Waals surface area contributed by atoms with E-state index in [-0.39, 0.29) is 17.8 Å². The van der Waals surface area contributed by atoms with E-state index in [1.54, 1.807) is 18.2 Å². The number of morpholine rings is 1. The Hall–Kier alpha value is -2.84. The molecule has 2 N–H and O–H groups in total. The third-order valence-electron chi connectivity index (χ3n) is 4.37. The molecule has 140 valence electrons. The van der Waals surface area contributed by atoms with Gasteiger partial charge in [0.2, 0.25) is 6.79 Å². The molecule has 0 bridgehead atoms. The second-order valence-corrected chi connectivity index (χ2v) is 6.50. The van der Waals surface area contributed by atoms with E-state index in [9.17, 15) is 4.79 Å². The Morgan fingerprint density at radius 1 is 1.04 bits per heavy atom. The summed E-state index contributed by atoms with van der Waals surface area (Å²) >= 11 is 5.33. The van der Waals surface area contributed by atoms with Crippen LogP contribution in [0, 0.1) is 0 Å². The minimum absolute atomic E-state index is 0.165. The second kappa shape index (κ2) is 7.81. The lowest BCUT2D eigenvalue weighted by Crippen LogP contribution is -2.38. The first-order valence-electron chi connectivity index (χ1n) is 8.64. The smallest absolute Gasteiger partial charge is 0.257 e. The molecule has 0 spiro atoms. The van der Waals surface area contributed by atoms with Crippen LogP contribution in [-0.4, -0.2) is 44.1 Å². The Morgan fingerprint density at radius 2 is 1.81 bits per heavy atom. The molecule has 7 nitrogen and oxygen atoms in total. The molecule has 4 rings (SSSR count). The summed E-state index contributed by atoms with van der Waals surface area (Å²) in [6, 6.07) is 12.9. The van der Waals surface area contributed by atoms with Crippen molar-refractivity contribution >= 4 is 34.6 Å². The van der Waals surface area contributed by atoms with Crippen molar-refractivity contribution in [1.29, 1.82) is 0 Å². The summed E-state index contributed by atoms with van der Waals surface area (Å²) in [7, 11) is 0. The topological polar surface area (TPSA) is 72.1 Å². The monoisotopic (exact) mass is 385 g/mol. The zero-order valence-electron chi connectivity index (χ0n) is 14.6. The first kappa shape index (κ1) is 17.6. The van der Waals surface area contributed by atoms with Gasteiger partial charge in [-0.3, -0.25) is 10.1 Å². The molecule has 2 aromatic carbocycles. The maximum atomic E-state index is 12.5. The number of anilines is 2. The average Bonchev–Trinajstić information content (AvgIpc) is 3.17. The molecule has 1 amide bonds. The summed E-state index contributed by atoms with van der Waals surface area (Å²) in [6.07, 6.45) is 0. The number of rotatable bonds is 3. The Balaban J connectivity index is 1.43. The third kappa shape index (κ3) is 3.96. The summed E-state index contributed by atoms with van der Waals surface area (Å²) in [5, 5.41) is 6.06. The van der Waals surface area contributed by atoms with Crippen LogP contribution in [0.4, 0.5) is 11.4 Å². The van der Waals surface area contributed by atoms with E-state index in [1.807, 2.05) is 24.3 Å². The highest BCUT2D eigenvalue weighted by molar-refractivity contribution is 7.80. The number of hydrogen-bond acceptors (Lipinski definition) is 6. The summed E-state index contributed by atoms with van der Waals surface area (Å²) in [4.78, 5) is 14.7. The lowest BCUT2D eigenvalue weighted by molar-refractivity contribution is 0.0977. The van der Waals surface area contributed by atoms with E-state index in [2.05, 4.69) is 15.5 Å². The van der Waals surface area contributed by atoms with Gasteiger partial charge >= 0.3 is 0 Å². The van der Waals surface area contributed by atoms with Gasteiger partial charge in [0.1, 0.15) is 0 Å². The van der Waals surface area contributed by atoms with Gasteiger partial charge in [-0.25, -0.2) is 0 Å². The molecule has 8 heteroatoms. The maximum absolute atomic E-state index is 12.5. The molecular formula is C19H19N3O4S. The molecule has 0 saturated carbocycles. The number of fused-ring (bicyclic) bond motifs is 1. The number of carbonyl (C=O) groups excluding carboxylic acids is 1. The molecule has 2 aliphatic heterocycles. The van der Waals surface area contributed by atoms with Crippen molar-refractivity contribution in [1.82, 2.24) is 5.32 Å². The fraction of sp³-hybridized carbons (Fsp3) is 0.263. The highest BCUT2D eigenvalue weighted by atomic mass is 32.1. The molecule has 0 aromatic heterocycles. The normalized spacial score (nSPS) is 15.3. The van der Waals surface area contributed by atoms with Gasteiger partial charge in [-0.15, -0.1) is 0 Å². The summed E-state index contributed by atoms with van der Waals surface area (Å²) in [5.41, 5.74) is 2.32. The van der Waals surface area contributed by atoms with E-state index < -0.39 is 0 Å². The number of carbonyl (C=O) groups is 1. The van der Waals surface area contributed by atoms with Crippen LogP contribution in [0.2, 0.25) is 0 Å². The van der Waals surface area contributed by atoms with Gasteiger partial charge in [0.25, 0.3) is 5.91 Å². The molecule has 2 aromatic rings. The molecule has 2 aliphatic rings. The Morgan fingerprint density at radius 3 is 2.67 bits per heavy atom. The summed E-state index contributed by atoms with van der Waals surface area (Å²) in [6.45, 7) is 3.18. The van der Waals surface area contributed by atoms with Gasteiger partial charge in [-0.1, -0.05) is 12.1 Å². The zero-order valence-corrected chi connectivity index (χ0v) is 15.4. The van der Waals surface area contributed by atoms with Gasteiger partial charge < -0.3 is 24.4 Å². The lowest BCUT2D eigenvalue weighted by atomic mass is 10.2. The fourth-order valence-corrected chi connectivity index (χ4v) is 3.23.